The van der Waals surface area contributed by atoms with Gasteiger partial charge in [0.2, 0.25) is 0 Å². The van der Waals surface area contributed by atoms with Crippen LogP contribution < -0.4 is 5.73 Å². The maximum Gasteiger partial charge on any atom is 0.0602 e. The average Bonchev–Trinajstić information content (AvgIpc) is 2.23. The lowest BCUT2D eigenvalue weighted by molar-refractivity contribution is 0.275. The third-order valence-corrected chi connectivity index (χ3v) is 3.47. The van der Waals surface area contributed by atoms with Crippen molar-refractivity contribution in [1.82, 2.24) is 4.98 Å². The molecule has 15 heavy (non-hydrogen) atoms. The summed E-state index contributed by atoms with van der Waals surface area (Å²) < 4.78 is 0. The minimum Gasteiger partial charge on any atom is -0.323 e. The molecule has 1 atom stereocenters. The van der Waals surface area contributed by atoms with E-state index in [9.17, 15) is 0 Å². The molecule has 1 fully saturated rings. The maximum atomic E-state index is 6.22. The lowest BCUT2D eigenvalue weighted by Crippen LogP contribution is -2.21. The van der Waals surface area contributed by atoms with E-state index in [-0.39, 0.29) is 6.04 Å². The monoisotopic (exact) mass is 204 g/mol. The second-order valence-corrected chi connectivity index (χ2v) is 4.54. The molecule has 0 aromatic carbocycles. The summed E-state index contributed by atoms with van der Waals surface area (Å²) in [5, 5.41) is 0. The van der Waals surface area contributed by atoms with Gasteiger partial charge in [0.15, 0.2) is 0 Å². The number of hydrogen-bond donors (Lipinski definition) is 1. The SMILES string of the molecule is CCc1cccnc1C(N)CC1CCC1. The average molecular weight is 204 g/mol. The van der Waals surface area contributed by atoms with E-state index in [4.69, 9.17) is 5.73 Å². The number of aryl methyl sites for hydroxylation is 1. The van der Waals surface area contributed by atoms with Gasteiger partial charge < -0.3 is 5.73 Å². The molecule has 2 N–H and O–H groups in total. The van der Waals surface area contributed by atoms with Gasteiger partial charge >= 0.3 is 0 Å². The van der Waals surface area contributed by atoms with Crippen molar-refractivity contribution in [2.75, 3.05) is 0 Å². The number of rotatable bonds is 4. The molecule has 1 heterocycles. The number of nitrogens with two attached hydrogens (primary N) is 1. The van der Waals surface area contributed by atoms with Crippen LogP contribution in [0.2, 0.25) is 0 Å². The summed E-state index contributed by atoms with van der Waals surface area (Å²) in [5.74, 6) is 0.853. The minimum atomic E-state index is 0.145. The molecule has 1 aromatic heterocycles. The Hall–Kier alpha value is -0.890. The fourth-order valence-corrected chi connectivity index (χ4v) is 2.28. The van der Waals surface area contributed by atoms with Gasteiger partial charge in [-0.1, -0.05) is 32.3 Å². The molecule has 0 spiro atoms. The molecule has 0 radical (unpaired) electrons. The van der Waals surface area contributed by atoms with E-state index in [0.717, 1.165) is 24.5 Å². The van der Waals surface area contributed by atoms with Gasteiger partial charge in [0.05, 0.1) is 5.69 Å². The normalized spacial score (nSPS) is 18.5. The van der Waals surface area contributed by atoms with Crippen molar-refractivity contribution in [1.29, 1.82) is 0 Å². The Kier molecular flexibility index (Phi) is 3.37. The van der Waals surface area contributed by atoms with Crippen LogP contribution in [0.15, 0.2) is 18.3 Å². The fourth-order valence-electron chi connectivity index (χ4n) is 2.28. The van der Waals surface area contributed by atoms with Crippen LogP contribution in [0.4, 0.5) is 0 Å². The summed E-state index contributed by atoms with van der Waals surface area (Å²) in [7, 11) is 0. The molecule has 82 valence electrons. The lowest BCUT2D eigenvalue weighted by Gasteiger charge is -2.28. The first-order chi connectivity index (χ1) is 7.31. The maximum absolute atomic E-state index is 6.22. The molecule has 2 rings (SSSR count). The first-order valence-electron chi connectivity index (χ1n) is 6.00. The molecule has 0 saturated heterocycles. The molecule has 2 nitrogen and oxygen atoms in total. The standard InChI is InChI=1S/C13H20N2/c1-2-11-7-4-8-15-13(11)12(14)9-10-5-3-6-10/h4,7-8,10,12H,2-3,5-6,9,14H2,1H3. The Labute approximate surface area is 91.9 Å². The van der Waals surface area contributed by atoms with Crippen molar-refractivity contribution in [3.05, 3.63) is 29.6 Å². The van der Waals surface area contributed by atoms with Gasteiger partial charge in [-0.05, 0) is 30.4 Å². The van der Waals surface area contributed by atoms with Crippen LogP contribution in [-0.4, -0.2) is 4.98 Å². The predicted molar refractivity (Wildman–Crippen MR) is 62.5 cm³/mol. The van der Waals surface area contributed by atoms with Crippen LogP contribution in [0.1, 0.15) is 49.9 Å². The minimum absolute atomic E-state index is 0.145. The highest BCUT2D eigenvalue weighted by Crippen LogP contribution is 2.33. The second-order valence-electron chi connectivity index (χ2n) is 4.54. The Morgan fingerprint density at radius 2 is 2.33 bits per heavy atom. The zero-order valence-corrected chi connectivity index (χ0v) is 9.45. The molecular weight excluding hydrogens is 184 g/mol. The quantitative estimate of drug-likeness (QED) is 0.819. The summed E-state index contributed by atoms with van der Waals surface area (Å²) in [6.45, 7) is 2.16. The summed E-state index contributed by atoms with van der Waals surface area (Å²) in [6, 6.07) is 4.29. The first-order valence-corrected chi connectivity index (χ1v) is 6.00. The summed E-state index contributed by atoms with van der Waals surface area (Å²) in [4.78, 5) is 4.44. The topological polar surface area (TPSA) is 38.9 Å². The molecule has 1 unspecified atom stereocenters. The Balaban J connectivity index is 2.05. The van der Waals surface area contributed by atoms with Gasteiger partial charge in [-0.3, -0.25) is 4.98 Å². The number of nitrogens with zero attached hydrogens (tertiary/aromatic N) is 1. The van der Waals surface area contributed by atoms with Gasteiger partial charge in [-0.15, -0.1) is 0 Å². The molecule has 0 amide bonds. The van der Waals surface area contributed by atoms with E-state index < -0.39 is 0 Å². The van der Waals surface area contributed by atoms with E-state index >= 15 is 0 Å². The van der Waals surface area contributed by atoms with Gasteiger partial charge in [-0.25, -0.2) is 0 Å². The van der Waals surface area contributed by atoms with Crippen molar-refractivity contribution in [2.24, 2.45) is 11.7 Å². The van der Waals surface area contributed by atoms with Crippen LogP contribution in [0, 0.1) is 5.92 Å². The summed E-state index contributed by atoms with van der Waals surface area (Å²) in [6.07, 6.45) is 8.12. The molecular formula is C13H20N2. The summed E-state index contributed by atoms with van der Waals surface area (Å²) in [5.41, 5.74) is 8.65. The largest absolute Gasteiger partial charge is 0.323 e. The molecule has 1 aliphatic carbocycles. The highest BCUT2D eigenvalue weighted by Gasteiger charge is 2.22. The van der Waals surface area contributed by atoms with Crippen molar-refractivity contribution >= 4 is 0 Å². The van der Waals surface area contributed by atoms with Crippen LogP contribution >= 0.6 is 0 Å². The molecule has 0 aliphatic heterocycles. The van der Waals surface area contributed by atoms with Crippen molar-refractivity contribution in [3.8, 4) is 0 Å². The molecule has 1 saturated carbocycles. The van der Waals surface area contributed by atoms with E-state index in [1.54, 1.807) is 0 Å². The smallest absolute Gasteiger partial charge is 0.0602 e. The van der Waals surface area contributed by atoms with Crippen LogP contribution in [0.5, 0.6) is 0 Å². The number of pyridine rings is 1. The van der Waals surface area contributed by atoms with Crippen molar-refractivity contribution in [3.63, 3.8) is 0 Å². The van der Waals surface area contributed by atoms with Crippen LogP contribution in [0.3, 0.4) is 0 Å². The first kappa shape index (κ1) is 10.6. The number of hydrogen-bond acceptors (Lipinski definition) is 2. The van der Waals surface area contributed by atoms with Crippen LogP contribution in [0.25, 0.3) is 0 Å². The molecule has 0 bridgehead atoms. The second kappa shape index (κ2) is 4.75. The van der Waals surface area contributed by atoms with Gasteiger partial charge in [0.1, 0.15) is 0 Å². The Morgan fingerprint density at radius 3 is 2.93 bits per heavy atom. The van der Waals surface area contributed by atoms with E-state index in [1.165, 1.54) is 24.8 Å². The highest BCUT2D eigenvalue weighted by atomic mass is 14.8. The fraction of sp³-hybridized carbons (Fsp3) is 0.615. The zero-order chi connectivity index (χ0) is 10.7. The third kappa shape index (κ3) is 2.37. The lowest BCUT2D eigenvalue weighted by atomic mass is 9.80. The van der Waals surface area contributed by atoms with Gasteiger partial charge in [-0.2, -0.15) is 0 Å². The number of aromatic nitrogens is 1. The van der Waals surface area contributed by atoms with E-state index in [2.05, 4.69) is 18.0 Å². The highest BCUT2D eigenvalue weighted by molar-refractivity contribution is 5.22. The Bertz CT molecular complexity index is 318. The third-order valence-electron chi connectivity index (χ3n) is 3.47. The Morgan fingerprint density at radius 1 is 1.53 bits per heavy atom. The van der Waals surface area contributed by atoms with E-state index in [0.29, 0.717) is 0 Å². The van der Waals surface area contributed by atoms with E-state index in [1.807, 2.05) is 12.3 Å². The molecule has 1 aliphatic rings. The van der Waals surface area contributed by atoms with Crippen molar-refractivity contribution < 1.29 is 0 Å². The van der Waals surface area contributed by atoms with Gasteiger partial charge in [0.25, 0.3) is 0 Å². The zero-order valence-electron chi connectivity index (χ0n) is 9.45. The summed E-state index contributed by atoms with van der Waals surface area (Å²) >= 11 is 0. The van der Waals surface area contributed by atoms with Crippen molar-refractivity contribution in [2.45, 2.75) is 45.1 Å². The van der Waals surface area contributed by atoms with Gasteiger partial charge in [0, 0.05) is 12.2 Å². The molecule has 1 aromatic rings. The van der Waals surface area contributed by atoms with Crippen LogP contribution in [-0.2, 0) is 6.42 Å². The molecule has 2 heteroatoms. The predicted octanol–water partition coefficient (Wildman–Crippen LogP) is 2.83.